The molecule has 0 aromatic rings. The van der Waals surface area contributed by atoms with E-state index in [1.807, 2.05) is 19.2 Å². The molecule has 0 saturated heterocycles. The second kappa shape index (κ2) is 11.6. The molecule has 0 aliphatic heterocycles. The Kier molecular flexibility index (Phi) is 10.7. The van der Waals surface area contributed by atoms with Gasteiger partial charge in [-0.25, -0.2) is 13.6 Å². The molecular formula is C17H29F2N3O5. The van der Waals surface area contributed by atoms with Crippen LogP contribution in [0.25, 0.3) is 0 Å². The molecule has 8 nitrogen and oxygen atoms in total. The van der Waals surface area contributed by atoms with Gasteiger partial charge in [-0.2, -0.15) is 0 Å². The number of ketones is 1. The minimum Gasteiger partial charge on any atom is -0.475 e. The number of nitrogens with one attached hydrogen (secondary N) is 3. The lowest BCUT2D eigenvalue weighted by atomic mass is 10.0. The molecule has 0 saturated carbocycles. The van der Waals surface area contributed by atoms with Crippen molar-refractivity contribution >= 4 is 23.6 Å². The normalized spacial score (nSPS) is 14.7. The Morgan fingerprint density at radius 2 is 1.37 bits per heavy atom. The van der Waals surface area contributed by atoms with Crippen molar-refractivity contribution in [3.05, 3.63) is 0 Å². The summed E-state index contributed by atoms with van der Waals surface area (Å²) in [6.07, 6.45) is -3.91. The van der Waals surface area contributed by atoms with Crippen LogP contribution in [0.2, 0.25) is 0 Å². The largest absolute Gasteiger partial charge is 0.475 e. The van der Waals surface area contributed by atoms with E-state index in [2.05, 4.69) is 10.6 Å². The first-order valence-electron chi connectivity index (χ1n) is 8.77. The molecule has 27 heavy (non-hydrogen) atoms. The third-order valence-electron chi connectivity index (χ3n) is 3.57. The van der Waals surface area contributed by atoms with Crippen molar-refractivity contribution in [1.82, 2.24) is 16.0 Å². The Balaban J connectivity index is 5.24. The summed E-state index contributed by atoms with van der Waals surface area (Å²) >= 11 is 0. The average molecular weight is 393 g/mol. The summed E-state index contributed by atoms with van der Waals surface area (Å²) in [5.41, 5.74) is 0. The molecule has 4 N–H and O–H groups in total. The highest BCUT2D eigenvalue weighted by molar-refractivity contribution is 6.35. The molecule has 0 aliphatic carbocycles. The van der Waals surface area contributed by atoms with E-state index in [0.717, 1.165) is 0 Å². The van der Waals surface area contributed by atoms with E-state index in [4.69, 9.17) is 5.11 Å². The monoisotopic (exact) mass is 393 g/mol. The van der Waals surface area contributed by atoms with Gasteiger partial charge in [0.1, 0.15) is 12.1 Å². The molecule has 2 amide bonds. The smallest absolute Gasteiger partial charge is 0.374 e. The van der Waals surface area contributed by atoms with Gasteiger partial charge in [-0.3, -0.25) is 14.4 Å². The maximum absolute atomic E-state index is 12.6. The molecule has 0 heterocycles. The van der Waals surface area contributed by atoms with Crippen molar-refractivity contribution in [2.45, 2.75) is 78.1 Å². The van der Waals surface area contributed by atoms with Crippen LogP contribution >= 0.6 is 0 Å². The van der Waals surface area contributed by atoms with Crippen molar-refractivity contribution in [3.63, 3.8) is 0 Å². The SMILES string of the molecule is CC(C)CC(NC(=O)C(C)NC(C)C)C(=O)NC(CC(F)F)C(=O)C(=O)O. The molecule has 0 aromatic heterocycles. The van der Waals surface area contributed by atoms with Gasteiger partial charge < -0.3 is 21.1 Å². The molecule has 156 valence electrons. The summed E-state index contributed by atoms with van der Waals surface area (Å²) in [4.78, 5) is 47.1. The number of halogens is 2. The summed E-state index contributed by atoms with van der Waals surface area (Å²) in [5, 5.41) is 16.3. The molecule has 0 rings (SSSR count). The first-order valence-corrected chi connectivity index (χ1v) is 8.77. The van der Waals surface area contributed by atoms with Crippen LogP contribution in [0.4, 0.5) is 8.78 Å². The van der Waals surface area contributed by atoms with Gasteiger partial charge in [-0.05, 0) is 19.3 Å². The first-order chi connectivity index (χ1) is 12.3. The first kappa shape index (κ1) is 24.9. The molecular weight excluding hydrogens is 364 g/mol. The fourth-order valence-corrected chi connectivity index (χ4v) is 2.41. The van der Waals surface area contributed by atoms with Gasteiger partial charge in [0, 0.05) is 12.5 Å². The third kappa shape index (κ3) is 9.97. The number of Topliss-reactive ketones (excluding diaryl/α,β-unsaturated/α-hetero) is 1. The van der Waals surface area contributed by atoms with Crippen LogP contribution in [0, 0.1) is 5.92 Å². The molecule has 0 radical (unpaired) electrons. The molecule has 0 aliphatic rings. The van der Waals surface area contributed by atoms with Crippen molar-refractivity contribution in [2.24, 2.45) is 5.92 Å². The molecule has 3 atom stereocenters. The Morgan fingerprint density at radius 1 is 0.852 bits per heavy atom. The van der Waals surface area contributed by atoms with Crippen LogP contribution in [0.5, 0.6) is 0 Å². The lowest BCUT2D eigenvalue weighted by Gasteiger charge is -2.25. The molecule has 3 unspecified atom stereocenters. The van der Waals surface area contributed by atoms with Gasteiger partial charge in [-0.1, -0.05) is 27.7 Å². The highest BCUT2D eigenvalue weighted by atomic mass is 19.3. The zero-order valence-electron chi connectivity index (χ0n) is 16.2. The maximum Gasteiger partial charge on any atom is 0.374 e. The van der Waals surface area contributed by atoms with E-state index in [0.29, 0.717) is 0 Å². The highest BCUT2D eigenvalue weighted by Gasteiger charge is 2.32. The molecule has 0 bridgehead atoms. The summed E-state index contributed by atoms with van der Waals surface area (Å²) in [6, 6.07) is -3.54. The van der Waals surface area contributed by atoms with Crippen molar-refractivity contribution in [2.75, 3.05) is 0 Å². The predicted octanol–water partition coefficient (Wildman–Crippen LogP) is 0.698. The number of carboxylic acids is 1. The third-order valence-corrected chi connectivity index (χ3v) is 3.57. The second-order valence-electron chi connectivity index (χ2n) is 7.09. The highest BCUT2D eigenvalue weighted by Crippen LogP contribution is 2.09. The van der Waals surface area contributed by atoms with Crippen LogP contribution in [-0.2, 0) is 19.2 Å². The summed E-state index contributed by atoms with van der Waals surface area (Å²) in [7, 11) is 0. The molecule has 0 aromatic carbocycles. The fourth-order valence-electron chi connectivity index (χ4n) is 2.41. The number of rotatable bonds is 12. The van der Waals surface area contributed by atoms with E-state index >= 15 is 0 Å². The predicted molar refractivity (Wildman–Crippen MR) is 94.3 cm³/mol. The number of carbonyl (C=O) groups excluding carboxylic acids is 3. The van der Waals surface area contributed by atoms with Crippen LogP contribution in [0.3, 0.4) is 0 Å². The Labute approximate surface area is 157 Å². The van der Waals surface area contributed by atoms with Crippen molar-refractivity contribution in [1.29, 1.82) is 0 Å². The van der Waals surface area contributed by atoms with E-state index in [1.54, 1.807) is 20.8 Å². The molecule has 10 heteroatoms. The van der Waals surface area contributed by atoms with Gasteiger partial charge in [-0.15, -0.1) is 0 Å². The number of hydrogen-bond donors (Lipinski definition) is 4. The standard InChI is InChI=1S/C17H29F2N3O5/c1-8(2)6-12(22-15(24)10(5)20-9(3)4)16(25)21-11(7-13(18)19)14(23)17(26)27/h8-13,20H,6-7H2,1-5H3,(H,21,25)(H,22,24)(H,26,27). The van der Waals surface area contributed by atoms with Crippen LogP contribution in [-0.4, -0.2) is 59.3 Å². The number of carboxylic acid groups (broad SMARTS) is 1. The zero-order chi connectivity index (χ0) is 21.3. The maximum atomic E-state index is 12.6. The summed E-state index contributed by atoms with van der Waals surface area (Å²) in [6.45, 7) is 8.87. The lowest BCUT2D eigenvalue weighted by Crippen LogP contribution is -2.56. The number of hydrogen-bond acceptors (Lipinski definition) is 5. The Bertz CT molecular complexity index is 541. The fraction of sp³-hybridized carbons (Fsp3) is 0.765. The van der Waals surface area contributed by atoms with Crippen molar-refractivity contribution in [3.8, 4) is 0 Å². The number of carbonyl (C=O) groups is 4. The number of alkyl halides is 2. The van der Waals surface area contributed by atoms with Gasteiger partial charge in [0.05, 0.1) is 6.04 Å². The zero-order valence-corrected chi connectivity index (χ0v) is 16.2. The summed E-state index contributed by atoms with van der Waals surface area (Å²) < 4.78 is 25.3. The quantitative estimate of drug-likeness (QED) is 0.362. The van der Waals surface area contributed by atoms with E-state index < -0.39 is 54.5 Å². The van der Waals surface area contributed by atoms with E-state index in [1.165, 1.54) is 0 Å². The second-order valence-corrected chi connectivity index (χ2v) is 7.09. The van der Waals surface area contributed by atoms with E-state index in [9.17, 15) is 28.0 Å². The molecule has 0 fully saturated rings. The van der Waals surface area contributed by atoms with E-state index in [-0.39, 0.29) is 18.4 Å². The Hall–Kier alpha value is -2.10. The Morgan fingerprint density at radius 3 is 1.78 bits per heavy atom. The number of amides is 2. The minimum absolute atomic E-state index is 0.0201. The van der Waals surface area contributed by atoms with Crippen LogP contribution < -0.4 is 16.0 Å². The topological polar surface area (TPSA) is 125 Å². The van der Waals surface area contributed by atoms with Gasteiger partial charge in [0.2, 0.25) is 18.2 Å². The summed E-state index contributed by atoms with van der Waals surface area (Å²) in [5.74, 6) is -4.83. The van der Waals surface area contributed by atoms with Gasteiger partial charge in [0.25, 0.3) is 5.78 Å². The van der Waals surface area contributed by atoms with Crippen LogP contribution in [0.1, 0.15) is 47.5 Å². The van der Waals surface area contributed by atoms with Gasteiger partial charge >= 0.3 is 5.97 Å². The lowest BCUT2D eigenvalue weighted by molar-refractivity contribution is -0.151. The van der Waals surface area contributed by atoms with Crippen molar-refractivity contribution < 1.29 is 33.1 Å². The molecule has 0 spiro atoms. The van der Waals surface area contributed by atoms with Crippen LogP contribution in [0.15, 0.2) is 0 Å². The number of aliphatic carboxylic acids is 1. The minimum atomic E-state index is -2.98. The van der Waals surface area contributed by atoms with Gasteiger partial charge in [0.15, 0.2) is 0 Å². The average Bonchev–Trinajstić information content (AvgIpc) is 2.50.